The first-order valence-electron chi connectivity index (χ1n) is 5.53. The van der Waals surface area contributed by atoms with Crippen molar-refractivity contribution in [3.05, 3.63) is 0 Å². The highest BCUT2D eigenvalue weighted by Crippen LogP contribution is 2.20. The highest BCUT2D eigenvalue weighted by atomic mass is 19.1. The van der Waals surface area contributed by atoms with Crippen molar-refractivity contribution in [2.24, 2.45) is 5.73 Å². The number of hydrogen-bond acceptors (Lipinski definition) is 3. The summed E-state index contributed by atoms with van der Waals surface area (Å²) in [6, 6.07) is -0.192. The molecule has 86 valence electrons. The maximum absolute atomic E-state index is 12.9. The van der Waals surface area contributed by atoms with Crippen LogP contribution in [-0.4, -0.2) is 48.2 Å². The number of hydrogen-bond donors (Lipinski definition) is 2. The fourth-order valence-corrected chi connectivity index (χ4v) is 2.36. The predicted octanol–water partition coefficient (Wildman–Crippen LogP) is -0.365. The van der Waals surface area contributed by atoms with Gasteiger partial charge in [-0.2, -0.15) is 0 Å². The Morgan fingerprint density at radius 2 is 2.33 bits per heavy atom. The first-order chi connectivity index (χ1) is 7.09. The van der Waals surface area contributed by atoms with Crippen molar-refractivity contribution >= 4 is 5.91 Å². The van der Waals surface area contributed by atoms with Gasteiger partial charge in [-0.15, -0.1) is 0 Å². The predicted molar refractivity (Wildman–Crippen MR) is 55.1 cm³/mol. The molecule has 2 aliphatic heterocycles. The van der Waals surface area contributed by atoms with Crippen molar-refractivity contribution < 1.29 is 9.18 Å². The summed E-state index contributed by atoms with van der Waals surface area (Å²) < 4.78 is 12.9. The van der Waals surface area contributed by atoms with Crippen molar-refractivity contribution in [3.8, 4) is 0 Å². The van der Waals surface area contributed by atoms with Crippen LogP contribution in [0.1, 0.15) is 19.8 Å². The number of alkyl halides is 1. The molecular formula is C10H18FN3O. The average molecular weight is 215 g/mol. The lowest BCUT2D eigenvalue weighted by Gasteiger charge is -2.26. The second-order valence-electron chi connectivity index (χ2n) is 4.52. The van der Waals surface area contributed by atoms with Gasteiger partial charge in [-0.05, 0) is 13.3 Å². The molecule has 0 spiro atoms. The molecule has 0 aromatic heterocycles. The van der Waals surface area contributed by atoms with Crippen molar-refractivity contribution in [3.63, 3.8) is 0 Å². The Hall–Kier alpha value is -0.680. The summed E-state index contributed by atoms with van der Waals surface area (Å²) in [6.45, 7) is 2.96. The Labute approximate surface area is 89.0 Å². The van der Waals surface area contributed by atoms with Gasteiger partial charge in [-0.1, -0.05) is 0 Å². The van der Waals surface area contributed by atoms with Crippen LogP contribution in [0, 0.1) is 0 Å². The number of nitrogens with zero attached hydrogens (tertiary/aromatic N) is 1. The van der Waals surface area contributed by atoms with E-state index < -0.39 is 6.17 Å². The molecule has 4 nitrogen and oxygen atoms in total. The average Bonchev–Trinajstić information content (AvgIpc) is 2.75. The number of nitrogens with two attached hydrogens (primary N) is 1. The summed E-state index contributed by atoms with van der Waals surface area (Å²) in [4.78, 5) is 13.8. The van der Waals surface area contributed by atoms with E-state index in [1.54, 1.807) is 4.90 Å². The lowest BCUT2D eigenvalue weighted by atomic mass is 10.1. The molecule has 15 heavy (non-hydrogen) atoms. The summed E-state index contributed by atoms with van der Waals surface area (Å²) in [5.41, 5.74) is 5.84. The van der Waals surface area contributed by atoms with E-state index in [4.69, 9.17) is 5.73 Å². The summed E-state index contributed by atoms with van der Waals surface area (Å²) in [6.07, 6.45) is 0.265. The third kappa shape index (κ3) is 1.99. The van der Waals surface area contributed by atoms with Gasteiger partial charge in [0.2, 0.25) is 5.91 Å². The molecule has 1 amide bonds. The standard InChI is InChI=1S/C10H18FN3O/c1-6-8(12)2-3-14(6)10(15)9-4-7(11)5-13-9/h6-9,13H,2-5,12H2,1H3/t6?,7-,8?,9+/m0/s1. The van der Waals surface area contributed by atoms with E-state index in [0.717, 1.165) is 6.42 Å². The zero-order valence-corrected chi connectivity index (χ0v) is 8.95. The minimum Gasteiger partial charge on any atom is -0.337 e. The second-order valence-corrected chi connectivity index (χ2v) is 4.52. The monoisotopic (exact) mass is 215 g/mol. The smallest absolute Gasteiger partial charge is 0.240 e. The van der Waals surface area contributed by atoms with Crippen LogP contribution in [0.15, 0.2) is 0 Å². The molecule has 0 aromatic carbocycles. The van der Waals surface area contributed by atoms with Crippen molar-refractivity contribution in [2.75, 3.05) is 13.1 Å². The van der Waals surface area contributed by atoms with Gasteiger partial charge in [0.15, 0.2) is 0 Å². The molecule has 2 fully saturated rings. The molecule has 0 bridgehead atoms. The molecule has 4 atom stereocenters. The SMILES string of the molecule is CC1C(N)CCN1C(=O)[C@H]1C[C@H](F)CN1. The third-order valence-corrected chi connectivity index (χ3v) is 3.47. The van der Waals surface area contributed by atoms with Gasteiger partial charge in [0.05, 0.1) is 6.04 Å². The number of nitrogens with one attached hydrogen (secondary N) is 1. The van der Waals surface area contributed by atoms with Crippen LogP contribution in [-0.2, 0) is 4.79 Å². The summed E-state index contributed by atoms with van der Waals surface area (Å²) in [7, 11) is 0. The topological polar surface area (TPSA) is 58.4 Å². The van der Waals surface area contributed by atoms with E-state index in [2.05, 4.69) is 5.32 Å². The van der Waals surface area contributed by atoms with Crippen LogP contribution in [0.25, 0.3) is 0 Å². The molecule has 0 aromatic rings. The maximum atomic E-state index is 12.9. The van der Waals surface area contributed by atoms with Gasteiger partial charge < -0.3 is 16.0 Å². The largest absolute Gasteiger partial charge is 0.337 e. The van der Waals surface area contributed by atoms with Gasteiger partial charge in [0.25, 0.3) is 0 Å². The van der Waals surface area contributed by atoms with Crippen molar-refractivity contribution in [1.82, 2.24) is 10.2 Å². The normalized spacial score (nSPS) is 41.1. The summed E-state index contributed by atoms with van der Waals surface area (Å²) in [5, 5.41) is 2.91. The van der Waals surface area contributed by atoms with Crippen LogP contribution < -0.4 is 11.1 Å². The zero-order chi connectivity index (χ0) is 11.0. The van der Waals surface area contributed by atoms with Gasteiger partial charge in [-0.3, -0.25) is 4.79 Å². The molecule has 2 unspecified atom stereocenters. The fraction of sp³-hybridized carbons (Fsp3) is 0.900. The number of amides is 1. The van der Waals surface area contributed by atoms with E-state index in [1.807, 2.05) is 6.92 Å². The van der Waals surface area contributed by atoms with Gasteiger partial charge >= 0.3 is 0 Å². The van der Waals surface area contributed by atoms with E-state index >= 15 is 0 Å². The Kier molecular flexibility index (Phi) is 2.93. The fourth-order valence-electron chi connectivity index (χ4n) is 2.36. The Bertz CT molecular complexity index is 261. The highest BCUT2D eigenvalue weighted by Gasteiger charge is 2.37. The maximum Gasteiger partial charge on any atom is 0.240 e. The number of halogens is 1. The van der Waals surface area contributed by atoms with E-state index in [1.165, 1.54) is 0 Å². The number of carbonyl (C=O) groups is 1. The molecule has 2 heterocycles. The van der Waals surface area contributed by atoms with E-state index in [0.29, 0.717) is 19.5 Å². The molecule has 0 saturated carbocycles. The van der Waals surface area contributed by atoms with Crippen molar-refractivity contribution in [2.45, 2.75) is 44.1 Å². The van der Waals surface area contributed by atoms with E-state index in [-0.39, 0.29) is 24.0 Å². The number of rotatable bonds is 1. The molecule has 2 aliphatic rings. The molecule has 5 heteroatoms. The molecule has 0 radical (unpaired) electrons. The molecule has 2 rings (SSSR count). The molecule has 2 saturated heterocycles. The zero-order valence-electron chi connectivity index (χ0n) is 8.95. The lowest BCUT2D eigenvalue weighted by Crippen LogP contribution is -2.47. The Morgan fingerprint density at radius 3 is 2.80 bits per heavy atom. The molecular weight excluding hydrogens is 197 g/mol. The Balaban J connectivity index is 1.96. The minimum absolute atomic E-state index is 0.00981. The van der Waals surface area contributed by atoms with E-state index in [9.17, 15) is 9.18 Å². The van der Waals surface area contributed by atoms with Crippen LogP contribution in [0.3, 0.4) is 0 Å². The first kappa shape index (κ1) is 10.8. The Morgan fingerprint density at radius 1 is 1.60 bits per heavy atom. The molecule has 3 N–H and O–H groups in total. The minimum atomic E-state index is -0.884. The van der Waals surface area contributed by atoms with Gasteiger partial charge in [0.1, 0.15) is 6.17 Å². The van der Waals surface area contributed by atoms with Crippen LogP contribution in [0.5, 0.6) is 0 Å². The number of likely N-dealkylation sites (tertiary alicyclic amines) is 1. The third-order valence-electron chi connectivity index (χ3n) is 3.47. The summed E-state index contributed by atoms with van der Waals surface area (Å²) in [5.74, 6) is 0.00981. The quantitative estimate of drug-likeness (QED) is 0.627. The summed E-state index contributed by atoms with van der Waals surface area (Å²) >= 11 is 0. The van der Waals surface area contributed by atoms with Crippen LogP contribution >= 0.6 is 0 Å². The second kappa shape index (κ2) is 4.06. The lowest BCUT2D eigenvalue weighted by molar-refractivity contribution is -0.133. The van der Waals surface area contributed by atoms with Crippen molar-refractivity contribution in [1.29, 1.82) is 0 Å². The van der Waals surface area contributed by atoms with Gasteiger partial charge in [0, 0.05) is 31.6 Å². The van der Waals surface area contributed by atoms with Gasteiger partial charge in [-0.25, -0.2) is 4.39 Å². The van der Waals surface area contributed by atoms with Crippen LogP contribution in [0.2, 0.25) is 0 Å². The van der Waals surface area contributed by atoms with Crippen LogP contribution in [0.4, 0.5) is 4.39 Å². The number of carbonyl (C=O) groups excluding carboxylic acids is 1. The first-order valence-corrected chi connectivity index (χ1v) is 5.53. The highest BCUT2D eigenvalue weighted by molar-refractivity contribution is 5.83. The molecule has 0 aliphatic carbocycles.